The number of carbonyl (C=O) groups is 1. The van der Waals surface area contributed by atoms with Crippen molar-refractivity contribution in [3.63, 3.8) is 0 Å². The lowest BCUT2D eigenvalue weighted by atomic mass is 10.2. The van der Waals surface area contributed by atoms with Crippen molar-refractivity contribution in [2.75, 3.05) is 32.7 Å². The summed E-state index contributed by atoms with van der Waals surface area (Å²) in [5.74, 6) is 0.732. The molecule has 2 aliphatic rings. The highest BCUT2D eigenvalue weighted by Crippen LogP contribution is 2.41. The first-order valence-corrected chi connectivity index (χ1v) is 8.10. The van der Waals surface area contributed by atoms with Gasteiger partial charge in [-0.25, -0.2) is 4.98 Å². The van der Waals surface area contributed by atoms with E-state index < -0.39 is 0 Å². The molecule has 1 saturated carbocycles. The molecule has 20 heavy (non-hydrogen) atoms. The van der Waals surface area contributed by atoms with E-state index in [1.807, 2.05) is 4.90 Å². The van der Waals surface area contributed by atoms with Gasteiger partial charge in [-0.3, -0.25) is 9.69 Å². The zero-order chi connectivity index (χ0) is 14.1. The molecule has 0 spiro atoms. The van der Waals surface area contributed by atoms with Gasteiger partial charge >= 0.3 is 0 Å². The Balaban J connectivity index is 1.55. The second-order valence-corrected chi connectivity index (χ2v) is 6.84. The predicted molar refractivity (Wildman–Crippen MR) is 78.1 cm³/mol. The highest BCUT2D eigenvalue weighted by molar-refractivity contribution is 7.13. The van der Waals surface area contributed by atoms with Gasteiger partial charge < -0.3 is 10.0 Å². The van der Waals surface area contributed by atoms with Crippen molar-refractivity contribution in [3.05, 3.63) is 16.1 Å². The normalized spacial score (nSPS) is 22.0. The van der Waals surface area contributed by atoms with Gasteiger partial charge in [0.2, 0.25) is 0 Å². The summed E-state index contributed by atoms with van der Waals surface area (Å²) < 4.78 is 0. The van der Waals surface area contributed by atoms with Crippen molar-refractivity contribution in [1.82, 2.24) is 14.8 Å². The van der Waals surface area contributed by atoms with Crippen LogP contribution in [0.3, 0.4) is 0 Å². The van der Waals surface area contributed by atoms with Gasteiger partial charge in [0.05, 0.1) is 17.3 Å². The van der Waals surface area contributed by atoms with E-state index in [1.165, 1.54) is 12.8 Å². The lowest BCUT2D eigenvalue weighted by Gasteiger charge is -2.34. The van der Waals surface area contributed by atoms with Crippen molar-refractivity contribution >= 4 is 17.2 Å². The number of carbonyl (C=O) groups excluding carboxylic acids is 1. The third-order valence-corrected chi connectivity index (χ3v) is 4.99. The largest absolute Gasteiger partial charge is 0.392 e. The fourth-order valence-corrected chi connectivity index (χ4v) is 3.62. The van der Waals surface area contributed by atoms with E-state index in [9.17, 15) is 9.90 Å². The summed E-state index contributed by atoms with van der Waals surface area (Å²) in [6, 6.07) is 0. The topological polar surface area (TPSA) is 56.7 Å². The number of nitrogens with zero attached hydrogens (tertiary/aromatic N) is 3. The highest BCUT2D eigenvalue weighted by Gasteiger charge is 2.29. The van der Waals surface area contributed by atoms with E-state index in [4.69, 9.17) is 0 Å². The second-order valence-electron chi connectivity index (χ2n) is 5.78. The fraction of sp³-hybridized carbons (Fsp3) is 0.714. The Bertz CT molecular complexity index is 477. The smallest absolute Gasteiger partial charge is 0.265 e. The van der Waals surface area contributed by atoms with Gasteiger partial charge in [-0.05, 0) is 19.8 Å². The molecule has 1 unspecified atom stereocenters. The Morgan fingerprint density at radius 1 is 1.45 bits per heavy atom. The average Bonchev–Trinajstić information content (AvgIpc) is 3.16. The number of thiazole rings is 1. The molecule has 3 rings (SSSR count). The number of amides is 1. The molecule has 1 aliphatic heterocycles. The van der Waals surface area contributed by atoms with Gasteiger partial charge in [0.15, 0.2) is 0 Å². The monoisotopic (exact) mass is 295 g/mol. The molecule has 0 radical (unpaired) electrons. The summed E-state index contributed by atoms with van der Waals surface area (Å²) in [5.41, 5.74) is 0. The zero-order valence-corrected chi connectivity index (χ0v) is 12.6. The van der Waals surface area contributed by atoms with Crippen LogP contribution in [-0.4, -0.2) is 64.6 Å². The number of hydrogen-bond acceptors (Lipinski definition) is 5. The van der Waals surface area contributed by atoms with Crippen LogP contribution in [0.1, 0.15) is 40.4 Å². The minimum Gasteiger partial charge on any atom is -0.392 e. The van der Waals surface area contributed by atoms with Crippen molar-refractivity contribution < 1.29 is 9.90 Å². The third-order valence-electron chi connectivity index (χ3n) is 3.84. The maximum Gasteiger partial charge on any atom is 0.265 e. The Labute approximate surface area is 123 Å². The minimum atomic E-state index is -0.306. The summed E-state index contributed by atoms with van der Waals surface area (Å²) in [7, 11) is 0. The maximum atomic E-state index is 12.4. The van der Waals surface area contributed by atoms with E-state index in [0.29, 0.717) is 12.5 Å². The van der Waals surface area contributed by atoms with Gasteiger partial charge in [-0.2, -0.15) is 0 Å². The molecule has 1 aromatic rings. The minimum absolute atomic E-state index is 0.117. The van der Waals surface area contributed by atoms with Crippen LogP contribution in [0.5, 0.6) is 0 Å². The van der Waals surface area contributed by atoms with Crippen LogP contribution < -0.4 is 0 Å². The van der Waals surface area contributed by atoms with E-state index in [-0.39, 0.29) is 12.0 Å². The molecule has 1 aromatic heterocycles. The molecule has 6 heteroatoms. The standard InChI is InChI=1S/C14H21N3O2S/c1-10(18)9-16-4-6-17(7-5-16)14(19)12-8-15-13(20-12)11-2-3-11/h8,10-11,18H,2-7,9H2,1H3. The summed E-state index contributed by atoms with van der Waals surface area (Å²) in [6.45, 7) is 5.64. The molecule has 1 saturated heterocycles. The van der Waals surface area contributed by atoms with Crippen molar-refractivity contribution in [1.29, 1.82) is 0 Å². The van der Waals surface area contributed by atoms with Crippen LogP contribution >= 0.6 is 11.3 Å². The molecule has 1 aliphatic carbocycles. The fourth-order valence-electron chi connectivity index (χ4n) is 2.57. The molecule has 0 aromatic carbocycles. The van der Waals surface area contributed by atoms with Crippen molar-refractivity contribution in [2.45, 2.75) is 31.8 Å². The predicted octanol–water partition coefficient (Wildman–Crippen LogP) is 1.16. The maximum absolute atomic E-state index is 12.4. The van der Waals surface area contributed by atoms with Crippen LogP contribution in [0.2, 0.25) is 0 Å². The Hall–Kier alpha value is -0.980. The first kappa shape index (κ1) is 14.0. The molecule has 5 nitrogen and oxygen atoms in total. The first-order valence-electron chi connectivity index (χ1n) is 7.29. The summed E-state index contributed by atoms with van der Waals surface area (Å²) in [4.78, 5) is 21.7. The quantitative estimate of drug-likeness (QED) is 0.905. The lowest BCUT2D eigenvalue weighted by molar-refractivity contribution is 0.0558. The molecule has 110 valence electrons. The van der Waals surface area contributed by atoms with E-state index in [1.54, 1.807) is 24.5 Å². The number of aliphatic hydroxyl groups is 1. The van der Waals surface area contributed by atoms with Crippen LogP contribution in [0, 0.1) is 0 Å². The number of aromatic nitrogens is 1. The van der Waals surface area contributed by atoms with E-state index in [2.05, 4.69) is 9.88 Å². The van der Waals surface area contributed by atoms with Crippen molar-refractivity contribution in [3.8, 4) is 0 Å². The number of hydrogen-bond donors (Lipinski definition) is 1. The molecule has 1 N–H and O–H groups in total. The van der Waals surface area contributed by atoms with Crippen molar-refractivity contribution in [2.24, 2.45) is 0 Å². The number of rotatable bonds is 4. The Morgan fingerprint density at radius 2 is 2.15 bits per heavy atom. The van der Waals surface area contributed by atoms with Crippen LogP contribution in [0.25, 0.3) is 0 Å². The van der Waals surface area contributed by atoms with Gasteiger partial charge in [0.25, 0.3) is 5.91 Å². The van der Waals surface area contributed by atoms with Gasteiger partial charge in [-0.1, -0.05) is 0 Å². The molecular formula is C14H21N3O2S. The van der Waals surface area contributed by atoms with E-state index in [0.717, 1.165) is 36.1 Å². The molecule has 1 amide bonds. The molecule has 2 heterocycles. The van der Waals surface area contributed by atoms with E-state index >= 15 is 0 Å². The second kappa shape index (κ2) is 5.79. The Morgan fingerprint density at radius 3 is 2.75 bits per heavy atom. The van der Waals surface area contributed by atoms with Crippen LogP contribution in [0.4, 0.5) is 0 Å². The van der Waals surface area contributed by atoms with Crippen LogP contribution in [0.15, 0.2) is 6.20 Å². The molecule has 1 atom stereocenters. The number of aliphatic hydroxyl groups excluding tert-OH is 1. The number of piperazine rings is 1. The third kappa shape index (κ3) is 3.19. The van der Waals surface area contributed by atoms with Crippen LogP contribution in [-0.2, 0) is 0 Å². The summed E-state index contributed by atoms with van der Waals surface area (Å²) in [5, 5.41) is 10.5. The van der Waals surface area contributed by atoms with Gasteiger partial charge in [-0.15, -0.1) is 11.3 Å². The lowest BCUT2D eigenvalue weighted by Crippen LogP contribution is -2.50. The first-order chi connectivity index (χ1) is 9.63. The summed E-state index contributed by atoms with van der Waals surface area (Å²) >= 11 is 1.56. The molecule has 0 bridgehead atoms. The van der Waals surface area contributed by atoms with Gasteiger partial charge in [0.1, 0.15) is 4.88 Å². The zero-order valence-electron chi connectivity index (χ0n) is 11.8. The summed E-state index contributed by atoms with van der Waals surface area (Å²) in [6.07, 6.45) is 3.88. The number of β-amino-alcohol motifs (C(OH)–C–C–N with tert-alkyl or cyclic N) is 1. The SMILES string of the molecule is CC(O)CN1CCN(C(=O)c2cnc(C3CC3)s2)CC1. The molecule has 2 fully saturated rings. The molecular weight excluding hydrogens is 274 g/mol. The average molecular weight is 295 g/mol. The van der Waals surface area contributed by atoms with Gasteiger partial charge in [0, 0.05) is 38.6 Å². The Kier molecular flexibility index (Phi) is 4.05. The highest BCUT2D eigenvalue weighted by atomic mass is 32.1.